The number of piperazine rings is 1. The van der Waals surface area contributed by atoms with Gasteiger partial charge >= 0.3 is 0 Å². The second-order valence-electron chi connectivity index (χ2n) is 5.28. The number of hydrogen-bond donors (Lipinski definition) is 1. The number of hydrogen-bond acceptors (Lipinski definition) is 4. The number of rotatable bonds is 4. The fourth-order valence-electron chi connectivity index (χ4n) is 2.90. The van der Waals surface area contributed by atoms with Crippen molar-refractivity contribution in [2.45, 2.75) is 12.6 Å². The van der Waals surface area contributed by atoms with Crippen LogP contribution in [-0.2, 0) is 6.54 Å². The zero-order valence-electron chi connectivity index (χ0n) is 12.3. The summed E-state index contributed by atoms with van der Waals surface area (Å²) < 4.78 is 5.48. The summed E-state index contributed by atoms with van der Waals surface area (Å²) in [5.41, 5.74) is 2.55. The van der Waals surface area contributed by atoms with Gasteiger partial charge in [0.2, 0.25) is 0 Å². The maximum absolute atomic E-state index is 5.48. The number of pyridine rings is 1. The van der Waals surface area contributed by atoms with Crippen LogP contribution in [0.15, 0.2) is 48.8 Å². The van der Waals surface area contributed by atoms with Crippen LogP contribution in [0.2, 0.25) is 0 Å². The smallest absolute Gasteiger partial charge is 0.123 e. The van der Waals surface area contributed by atoms with E-state index in [0.29, 0.717) is 6.04 Å². The molecule has 0 spiro atoms. The van der Waals surface area contributed by atoms with E-state index in [-0.39, 0.29) is 0 Å². The topological polar surface area (TPSA) is 37.4 Å². The van der Waals surface area contributed by atoms with Gasteiger partial charge in [0.1, 0.15) is 5.75 Å². The van der Waals surface area contributed by atoms with Gasteiger partial charge in [-0.2, -0.15) is 0 Å². The summed E-state index contributed by atoms with van der Waals surface area (Å²) in [6.07, 6.45) is 3.73. The Bertz CT molecular complexity index is 573. The first-order chi connectivity index (χ1) is 10.4. The second kappa shape index (κ2) is 6.70. The number of ether oxygens (including phenoxy) is 1. The molecule has 1 aliphatic heterocycles. The van der Waals surface area contributed by atoms with Gasteiger partial charge in [-0.25, -0.2) is 0 Å². The van der Waals surface area contributed by atoms with Crippen molar-refractivity contribution in [3.63, 3.8) is 0 Å². The van der Waals surface area contributed by atoms with Crippen LogP contribution in [0.5, 0.6) is 5.75 Å². The van der Waals surface area contributed by atoms with Crippen LogP contribution in [0.3, 0.4) is 0 Å². The third-order valence-corrected chi connectivity index (χ3v) is 4.01. The van der Waals surface area contributed by atoms with Gasteiger partial charge in [-0.3, -0.25) is 9.88 Å². The quantitative estimate of drug-likeness (QED) is 0.934. The van der Waals surface area contributed by atoms with Crippen molar-refractivity contribution in [2.75, 3.05) is 26.7 Å². The van der Waals surface area contributed by atoms with Crippen LogP contribution in [0, 0.1) is 0 Å². The first-order valence-electron chi connectivity index (χ1n) is 7.35. The van der Waals surface area contributed by atoms with E-state index in [9.17, 15) is 0 Å². The van der Waals surface area contributed by atoms with E-state index in [1.54, 1.807) is 7.11 Å². The molecule has 4 heteroatoms. The molecule has 1 N–H and O–H groups in total. The third kappa shape index (κ3) is 3.23. The summed E-state index contributed by atoms with van der Waals surface area (Å²) in [6.45, 7) is 3.93. The number of methoxy groups -OCH3 is 1. The molecule has 1 unspecified atom stereocenters. The van der Waals surface area contributed by atoms with E-state index in [1.165, 1.54) is 11.1 Å². The van der Waals surface area contributed by atoms with Gasteiger partial charge in [-0.1, -0.05) is 18.2 Å². The van der Waals surface area contributed by atoms with Gasteiger partial charge in [-0.15, -0.1) is 0 Å². The Labute approximate surface area is 125 Å². The number of nitrogens with one attached hydrogen (secondary N) is 1. The van der Waals surface area contributed by atoms with Gasteiger partial charge < -0.3 is 10.1 Å². The Morgan fingerprint density at radius 1 is 1.24 bits per heavy atom. The van der Waals surface area contributed by atoms with E-state index in [0.717, 1.165) is 31.9 Å². The van der Waals surface area contributed by atoms with E-state index in [4.69, 9.17) is 4.74 Å². The number of benzene rings is 1. The van der Waals surface area contributed by atoms with Gasteiger partial charge in [0, 0.05) is 50.2 Å². The minimum atomic E-state index is 0.381. The maximum atomic E-state index is 5.48. The molecule has 0 saturated carbocycles. The lowest BCUT2D eigenvalue weighted by Gasteiger charge is -2.36. The number of nitrogens with zero attached hydrogens (tertiary/aromatic N) is 2. The van der Waals surface area contributed by atoms with Crippen LogP contribution in [0.1, 0.15) is 17.2 Å². The molecule has 1 saturated heterocycles. The molecule has 1 fully saturated rings. The highest BCUT2D eigenvalue weighted by Crippen LogP contribution is 2.26. The standard InChI is InChI=1S/C17H21N3O/c1-21-17-5-3-2-4-15(17)13-20-11-10-19-12-16(20)14-6-8-18-9-7-14/h2-9,16,19H,10-13H2,1H3. The highest BCUT2D eigenvalue weighted by Gasteiger charge is 2.24. The molecule has 0 aliphatic carbocycles. The summed E-state index contributed by atoms with van der Waals surface area (Å²) in [4.78, 5) is 6.62. The first kappa shape index (κ1) is 14.0. The lowest BCUT2D eigenvalue weighted by molar-refractivity contribution is 0.152. The summed E-state index contributed by atoms with van der Waals surface area (Å²) in [5, 5.41) is 3.48. The van der Waals surface area contributed by atoms with Crippen LogP contribution in [0.25, 0.3) is 0 Å². The van der Waals surface area contributed by atoms with Gasteiger partial charge in [0.05, 0.1) is 7.11 Å². The lowest BCUT2D eigenvalue weighted by Crippen LogP contribution is -2.45. The largest absolute Gasteiger partial charge is 0.496 e. The van der Waals surface area contributed by atoms with E-state index >= 15 is 0 Å². The second-order valence-corrected chi connectivity index (χ2v) is 5.28. The Morgan fingerprint density at radius 2 is 2.05 bits per heavy atom. The van der Waals surface area contributed by atoms with Crippen molar-refractivity contribution in [3.8, 4) is 5.75 Å². The minimum Gasteiger partial charge on any atom is -0.496 e. The summed E-state index contributed by atoms with van der Waals surface area (Å²) in [7, 11) is 1.73. The van der Waals surface area contributed by atoms with Crippen molar-refractivity contribution in [2.24, 2.45) is 0 Å². The summed E-state index contributed by atoms with van der Waals surface area (Å²) in [6, 6.07) is 12.8. The monoisotopic (exact) mass is 283 g/mol. The molecule has 1 atom stereocenters. The molecule has 21 heavy (non-hydrogen) atoms. The Hall–Kier alpha value is -1.91. The number of para-hydroxylation sites is 1. The molecular formula is C17H21N3O. The van der Waals surface area contributed by atoms with Gasteiger partial charge in [0.25, 0.3) is 0 Å². The molecule has 1 aliphatic rings. The molecule has 1 aromatic heterocycles. The number of aromatic nitrogens is 1. The van der Waals surface area contributed by atoms with Gasteiger partial charge in [0.15, 0.2) is 0 Å². The van der Waals surface area contributed by atoms with E-state index in [2.05, 4.69) is 39.5 Å². The maximum Gasteiger partial charge on any atom is 0.123 e. The molecule has 0 bridgehead atoms. The van der Waals surface area contributed by atoms with Crippen molar-refractivity contribution in [1.82, 2.24) is 15.2 Å². The average Bonchev–Trinajstić information content (AvgIpc) is 2.57. The average molecular weight is 283 g/mol. The van der Waals surface area contributed by atoms with Crippen molar-refractivity contribution in [1.29, 1.82) is 0 Å². The molecule has 1 aromatic carbocycles. The predicted octanol–water partition coefficient (Wildman–Crippen LogP) is 2.24. The zero-order chi connectivity index (χ0) is 14.5. The highest BCUT2D eigenvalue weighted by atomic mass is 16.5. The Morgan fingerprint density at radius 3 is 2.86 bits per heavy atom. The zero-order valence-corrected chi connectivity index (χ0v) is 12.3. The molecule has 0 radical (unpaired) electrons. The molecule has 3 rings (SSSR count). The molecule has 2 heterocycles. The minimum absolute atomic E-state index is 0.381. The lowest BCUT2D eigenvalue weighted by atomic mass is 10.0. The van der Waals surface area contributed by atoms with Crippen LogP contribution < -0.4 is 10.1 Å². The molecule has 2 aromatic rings. The van der Waals surface area contributed by atoms with E-state index in [1.807, 2.05) is 24.5 Å². The van der Waals surface area contributed by atoms with Crippen molar-refractivity contribution >= 4 is 0 Å². The van der Waals surface area contributed by atoms with Crippen LogP contribution in [-0.4, -0.2) is 36.6 Å². The van der Waals surface area contributed by atoms with Crippen LogP contribution in [0.4, 0.5) is 0 Å². The van der Waals surface area contributed by atoms with Crippen molar-refractivity contribution in [3.05, 3.63) is 59.9 Å². The van der Waals surface area contributed by atoms with Crippen LogP contribution >= 0.6 is 0 Å². The first-order valence-corrected chi connectivity index (χ1v) is 7.35. The Kier molecular flexibility index (Phi) is 4.48. The normalized spacial score (nSPS) is 19.4. The molecule has 110 valence electrons. The molecular weight excluding hydrogens is 262 g/mol. The summed E-state index contributed by atoms with van der Waals surface area (Å²) in [5.74, 6) is 0.963. The predicted molar refractivity (Wildman–Crippen MR) is 83.3 cm³/mol. The molecule has 0 amide bonds. The fraction of sp³-hybridized carbons (Fsp3) is 0.353. The third-order valence-electron chi connectivity index (χ3n) is 4.01. The Balaban J connectivity index is 1.82. The van der Waals surface area contributed by atoms with E-state index < -0.39 is 0 Å². The van der Waals surface area contributed by atoms with Crippen molar-refractivity contribution < 1.29 is 4.74 Å². The SMILES string of the molecule is COc1ccccc1CN1CCNCC1c1ccncc1. The van der Waals surface area contributed by atoms with Gasteiger partial charge in [-0.05, 0) is 23.8 Å². The summed E-state index contributed by atoms with van der Waals surface area (Å²) >= 11 is 0. The highest BCUT2D eigenvalue weighted by molar-refractivity contribution is 5.33. The fourth-order valence-corrected chi connectivity index (χ4v) is 2.90. The molecule has 4 nitrogen and oxygen atoms in total.